The van der Waals surface area contributed by atoms with Gasteiger partial charge in [0.2, 0.25) is 5.91 Å². The van der Waals surface area contributed by atoms with Crippen LogP contribution in [0.4, 0.5) is 0 Å². The topological polar surface area (TPSA) is 64.3 Å². The molecule has 1 rings (SSSR count). The number of amides is 1. The molecule has 0 bridgehead atoms. The van der Waals surface area contributed by atoms with E-state index in [-0.39, 0.29) is 5.91 Å². The Hall–Kier alpha value is -1.81. The van der Waals surface area contributed by atoms with E-state index in [0.29, 0.717) is 19.5 Å². The third-order valence-corrected chi connectivity index (χ3v) is 2.26. The van der Waals surface area contributed by atoms with Crippen molar-refractivity contribution in [1.29, 1.82) is 0 Å². The number of rotatable bonds is 6. The van der Waals surface area contributed by atoms with E-state index in [2.05, 4.69) is 5.32 Å². The van der Waals surface area contributed by atoms with Gasteiger partial charge in [-0.25, -0.2) is 0 Å². The maximum absolute atomic E-state index is 11.6. The Morgan fingerprint density at radius 2 is 2.18 bits per heavy atom. The summed E-state index contributed by atoms with van der Waals surface area (Å²) in [7, 11) is 1.60. The molecule has 0 aromatic heterocycles. The number of carbonyl (C=O) groups excluding carboxylic acids is 1. The maximum atomic E-state index is 11.6. The number of ether oxygens (including phenoxy) is 1. The molecule has 0 unspecified atom stereocenters. The Morgan fingerprint density at radius 3 is 2.88 bits per heavy atom. The summed E-state index contributed by atoms with van der Waals surface area (Å²) in [5, 5.41) is 2.78. The summed E-state index contributed by atoms with van der Waals surface area (Å²) < 4.78 is 5.18. The molecular weight excluding hydrogens is 216 g/mol. The summed E-state index contributed by atoms with van der Waals surface area (Å²) in [5.74, 6) is 0.705. The lowest BCUT2D eigenvalue weighted by Crippen LogP contribution is -2.25. The summed E-state index contributed by atoms with van der Waals surface area (Å²) in [6.07, 6.45) is 3.96. The molecule has 0 atom stereocenters. The Morgan fingerprint density at radius 1 is 1.41 bits per heavy atom. The molecule has 3 N–H and O–H groups in total. The SMILES string of the molecule is COc1ccccc1CC(=O)NC/C=C/CN. The van der Waals surface area contributed by atoms with Crippen LogP contribution in [0.15, 0.2) is 36.4 Å². The molecule has 0 aliphatic rings. The molecule has 92 valence electrons. The van der Waals surface area contributed by atoms with Crippen molar-refractivity contribution in [2.24, 2.45) is 5.73 Å². The van der Waals surface area contributed by atoms with Gasteiger partial charge >= 0.3 is 0 Å². The Bertz CT molecular complexity index is 389. The predicted octanol–water partition coefficient (Wildman–Crippen LogP) is 0.869. The van der Waals surface area contributed by atoms with Gasteiger partial charge in [-0.05, 0) is 6.07 Å². The first-order valence-electron chi connectivity index (χ1n) is 5.51. The zero-order valence-corrected chi connectivity index (χ0v) is 9.98. The van der Waals surface area contributed by atoms with Crippen molar-refractivity contribution in [1.82, 2.24) is 5.32 Å². The fraction of sp³-hybridized carbons (Fsp3) is 0.308. The van der Waals surface area contributed by atoms with Crippen molar-refractivity contribution in [3.8, 4) is 5.75 Å². The zero-order chi connectivity index (χ0) is 12.5. The van der Waals surface area contributed by atoms with Crippen LogP contribution < -0.4 is 15.8 Å². The van der Waals surface area contributed by atoms with Crippen molar-refractivity contribution >= 4 is 5.91 Å². The molecule has 1 aromatic carbocycles. The van der Waals surface area contributed by atoms with Crippen molar-refractivity contribution in [3.05, 3.63) is 42.0 Å². The number of hydrogen-bond acceptors (Lipinski definition) is 3. The molecule has 1 aromatic rings. The van der Waals surface area contributed by atoms with Crippen LogP contribution in [0.2, 0.25) is 0 Å². The van der Waals surface area contributed by atoms with Gasteiger partial charge in [0.05, 0.1) is 13.5 Å². The fourth-order valence-corrected chi connectivity index (χ4v) is 1.44. The molecule has 4 heteroatoms. The van der Waals surface area contributed by atoms with Crippen molar-refractivity contribution in [3.63, 3.8) is 0 Å². The average Bonchev–Trinajstić information content (AvgIpc) is 2.35. The first-order valence-corrected chi connectivity index (χ1v) is 5.51. The third-order valence-electron chi connectivity index (χ3n) is 2.26. The van der Waals surface area contributed by atoms with Crippen LogP contribution in [0.3, 0.4) is 0 Å². The van der Waals surface area contributed by atoms with E-state index >= 15 is 0 Å². The molecule has 17 heavy (non-hydrogen) atoms. The van der Waals surface area contributed by atoms with Crippen molar-refractivity contribution in [2.75, 3.05) is 20.2 Å². The molecule has 0 spiro atoms. The van der Waals surface area contributed by atoms with Gasteiger partial charge in [0.1, 0.15) is 5.75 Å². The lowest BCUT2D eigenvalue weighted by atomic mass is 10.1. The molecule has 0 saturated heterocycles. The van der Waals surface area contributed by atoms with Gasteiger partial charge in [0.15, 0.2) is 0 Å². The minimum atomic E-state index is -0.0313. The summed E-state index contributed by atoms with van der Waals surface area (Å²) >= 11 is 0. The second-order valence-electron chi connectivity index (χ2n) is 3.50. The lowest BCUT2D eigenvalue weighted by Gasteiger charge is -2.07. The Labute approximate surface area is 101 Å². The van der Waals surface area contributed by atoms with E-state index in [9.17, 15) is 4.79 Å². The van der Waals surface area contributed by atoms with Crippen molar-refractivity contribution in [2.45, 2.75) is 6.42 Å². The second kappa shape index (κ2) is 7.46. The maximum Gasteiger partial charge on any atom is 0.224 e. The first kappa shape index (κ1) is 13.3. The van der Waals surface area contributed by atoms with Crippen LogP contribution >= 0.6 is 0 Å². The van der Waals surface area contributed by atoms with E-state index in [0.717, 1.165) is 11.3 Å². The molecule has 0 radical (unpaired) electrons. The number of nitrogens with two attached hydrogens (primary N) is 1. The molecule has 0 fully saturated rings. The van der Waals surface area contributed by atoms with Crippen LogP contribution in [0.25, 0.3) is 0 Å². The monoisotopic (exact) mass is 234 g/mol. The highest BCUT2D eigenvalue weighted by atomic mass is 16.5. The van der Waals surface area contributed by atoms with Crippen LogP contribution in [-0.4, -0.2) is 26.1 Å². The summed E-state index contributed by atoms with van der Waals surface area (Å²) in [4.78, 5) is 11.6. The first-order chi connectivity index (χ1) is 8.27. The number of carbonyl (C=O) groups is 1. The highest BCUT2D eigenvalue weighted by molar-refractivity contribution is 5.79. The highest BCUT2D eigenvalue weighted by Gasteiger charge is 2.06. The minimum Gasteiger partial charge on any atom is -0.496 e. The van der Waals surface area contributed by atoms with Crippen LogP contribution in [-0.2, 0) is 11.2 Å². The van der Waals surface area contributed by atoms with Gasteiger partial charge in [-0.3, -0.25) is 4.79 Å². The molecular formula is C13H18N2O2. The standard InChI is InChI=1S/C13H18N2O2/c1-17-12-7-3-2-6-11(12)10-13(16)15-9-5-4-8-14/h2-7H,8-10,14H2,1H3,(H,15,16)/b5-4+. The minimum absolute atomic E-state index is 0.0313. The Balaban J connectivity index is 2.47. The van der Waals surface area contributed by atoms with E-state index in [1.165, 1.54) is 0 Å². The van der Waals surface area contributed by atoms with Crippen LogP contribution in [0.1, 0.15) is 5.56 Å². The van der Waals surface area contributed by atoms with E-state index in [1.54, 1.807) is 7.11 Å². The zero-order valence-electron chi connectivity index (χ0n) is 9.98. The highest BCUT2D eigenvalue weighted by Crippen LogP contribution is 2.17. The predicted molar refractivity (Wildman–Crippen MR) is 67.9 cm³/mol. The quantitative estimate of drug-likeness (QED) is 0.718. The largest absolute Gasteiger partial charge is 0.496 e. The molecule has 4 nitrogen and oxygen atoms in total. The van der Waals surface area contributed by atoms with E-state index in [4.69, 9.17) is 10.5 Å². The van der Waals surface area contributed by atoms with Gasteiger partial charge in [0.25, 0.3) is 0 Å². The summed E-state index contributed by atoms with van der Waals surface area (Å²) in [6, 6.07) is 7.49. The van der Waals surface area contributed by atoms with Gasteiger partial charge in [-0.15, -0.1) is 0 Å². The van der Waals surface area contributed by atoms with Crippen molar-refractivity contribution < 1.29 is 9.53 Å². The van der Waals surface area contributed by atoms with Gasteiger partial charge < -0.3 is 15.8 Å². The molecule has 1 amide bonds. The average molecular weight is 234 g/mol. The van der Waals surface area contributed by atoms with Crippen LogP contribution in [0, 0.1) is 0 Å². The van der Waals surface area contributed by atoms with E-state index in [1.807, 2.05) is 36.4 Å². The molecule has 0 aliphatic carbocycles. The van der Waals surface area contributed by atoms with Crippen LogP contribution in [0.5, 0.6) is 5.75 Å². The number of nitrogens with one attached hydrogen (secondary N) is 1. The second-order valence-corrected chi connectivity index (χ2v) is 3.50. The van der Waals surface area contributed by atoms with E-state index < -0.39 is 0 Å². The fourth-order valence-electron chi connectivity index (χ4n) is 1.44. The van der Waals surface area contributed by atoms with Gasteiger partial charge in [0, 0.05) is 18.7 Å². The summed E-state index contributed by atoms with van der Waals surface area (Å²) in [6.45, 7) is 0.994. The third kappa shape index (κ3) is 4.70. The molecule has 0 aliphatic heterocycles. The lowest BCUT2D eigenvalue weighted by molar-refractivity contribution is -0.120. The number of para-hydroxylation sites is 1. The molecule has 0 saturated carbocycles. The number of hydrogen-bond donors (Lipinski definition) is 2. The smallest absolute Gasteiger partial charge is 0.224 e. The Kier molecular flexibility index (Phi) is 5.82. The normalized spacial score (nSPS) is 10.5. The number of methoxy groups -OCH3 is 1. The van der Waals surface area contributed by atoms with Gasteiger partial charge in [-0.1, -0.05) is 30.4 Å². The molecule has 0 heterocycles. The summed E-state index contributed by atoms with van der Waals surface area (Å²) in [5.41, 5.74) is 6.18. The number of benzene rings is 1. The van der Waals surface area contributed by atoms with Gasteiger partial charge in [-0.2, -0.15) is 0 Å².